The number of hydrogen-bond donors (Lipinski definition) is 1. The molecule has 7 nitrogen and oxygen atoms in total. The van der Waals surface area contributed by atoms with E-state index in [2.05, 4.69) is 0 Å². The average Bonchev–Trinajstić information content (AvgIpc) is 3.03. The summed E-state index contributed by atoms with van der Waals surface area (Å²) >= 11 is 0. The number of amides is 1. The highest BCUT2D eigenvalue weighted by Crippen LogP contribution is 2.58. The molecule has 2 aromatic carbocycles. The van der Waals surface area contributed by atoms with Crippen molar-refractivity contribution in [1.29, 1.82) is 0 Å². The van der Waals surface area contributed by atoms with Crippen LogP contribution in [0.1, 0.15) is 43.4 Å². The van der Waals surface area contributed by atoms with Crippen LogP contribution in [-0.2, 0) is 24.5 Å². The number of likely N-dealkylation sites (N-methyl/N-ethyl adjacent to an activating group) is 1. The molecular formula is C29H31N3O4. The fourth-order valence-corrected chi connectivity index (χ4v) is 6.04. The summed E-state index contributed by atoms with van der Waals surface area (Å²) in [5.41, 5.74) is 9.90. The number of ether oxygens (including phenoxy) is 1. The number of nitrogens with two attached hydrogens (primary N) is 1. The van der Waals surface area contributed by atoms with Crippen LogP contribution in [0.4, 0.5) is 11.4 Å². The molecule has 0 saturated carbocycles. The summed E-state index contributed by atoms with van der Waals surface area (Å²) in [5, 5.41) is 0. The Bertz CT molecular complexity index is 1420. The van der Waals surface area contributed by atoms with E-state index in [1.165, 1.54) is 12.0 Å². The monoisotopic (exact) mass is 485 g/mol. The molecule has 0 aromatic heterocycles. The molecule has 0 fully saturated rings. The minimum absolute atomic E-state index is 0.0168. The van der Waals surface area contributed by atoms with Gasteiger partial charge in [-0.3, -0.25) is 14.5 Å². The predicted molar refractivity (Wildman–Crippen MR) is 138 cm³/mol. The van der Waals surface area contributed by atoms with E-state index in [1.807, 2.05) is 64.1 Å². The van der Waals surface area contributed by atoms with E-state index >= 15 is 0 Å². The van der Waals surface area contributed by atoms with Crippen LogP contribution < -0.4 is 15.5 Å². The number of carbonyl (C=O) groups is 3. The second kappa shape index (κ2) is 7.82. The number of ketones is 1. The summed E-state index contributed by atoms with van der Waals surface area (Å²) in [6.45, 7) is 8.09. The number of allylic oxidation sites excluding steroid dienone is 1. The molecule has 7 heteroatoms. The number of rotatable bonds is 2. The second-order valence-corrected chi connectivity index (χ2v) is 10.7. The second-order valence-electron chi connectivity index (χ2n) is 10.7. The number of para-hydroxylation sites is 1. The summed E-state index contributed by atoms with van der Waals surface area (Å²) in [5.74, 6) is -1.17. The first kappa shape index (κ1) is 23.9. The zero-order chi connectivity index (χ0) is 26.2. The molecule has 3 aliphatic rings. The van der Waals surface area contributed by atoms with Gasteiger partial charge in [0.05, 0.1) is 7.11 Å². The topological polar surface area (TPSA) is 92.9 Å². The van der Waals surface area contributed by atoms with Crippen LogP contribution in [0.15, 0.2) is 65.1 Å². The number of methoxy groups -OCH3 is 1. The van der Waals surface area contributed by atoms with E-state index < -0.39 is 11.4 Å². The van der Waals surface area contributed by atoms with Gasteiger partial charge in [-0.1, -0.05) is 38.1 Å². The molecule has 2 aliphatic heterocycles. The molecule has 1 spiro atoms. The van der Waals surface area contributed by atoms with Gasteiger partial charge in [-0.05, 0) is 55.0 Å². The third-order valence-corrected chi connectivity index (χ3v) is 7.80. The van der Waals surface area contributed by atoms with Crippen molar-refractivity contribution in [2.75, 3.05) is 24.0 Å². The van der Waals surface area contributed by atoms with Crippen molar-refractivity contribution < 1.29 is 19.1 Å². The average molecular weight is 486 g/mol. The van der Waals surface area contributed by atoms with Gasteiger partial charge in [0.2, 0.25) is 5.91 Å². The molecular weight excluding hydrogens is 454 g/mol. The predicted octanol–water partition coefficient (Wildman–Crippen LogP) is 4.02. The van der Waals surface area contributed by atoms with Crippen molar-refractivity contribution in [3.63, 3.8) is 0 Å². The largest absolute Gasteiger partial charge is 0.466 e. The molecule has 2 aromatic rings. The van der Waals surface area contributed by atoms with Crippen LogP contribution in [-0.4, -0.2) is 31.8 Å². The van der Waals surface area contributed by atoms with E-state index in [9.17, 15) is 14.4 Å². The highest BCUT2D eigenvalue weighted by atomic mass is 16.5. The Labute approximate surface area is 211 Å². The Morgan fingerprint density at radius 3 is 2.39 bits per heavy atom. The lowest BCUT2D eigenvalue weighted by Gasteiger charge is -2.47. The minimum atomic E-state index is -1.67. The fourth-order valence-electron chi connectivity index (χ4n) is 6.04. The van der Waals surface area contributed by atoms with Crippen LogP contribution in [0.2, 0.25) is 0 Å². The minimum Gasteiger partial charge on any atom is -0.466 e. The van der Waals surface area contributed by atoms with Gasteiger partial charge in [-0.25, -0.2) is 4.79 Å². The molecule has 2 N–H and O–H groups in total. The Balaban J connectivity index is 1.94. The lowest BCUT2D eigenvalue weighted by Crippen LogP contribution is -2.55. The summed E-state index contributed by atoms with van der Waals surface area (Å²) in [7, 11) is 2.93. The number of Topliss-reactive ketones (excluding diaryl/α,β-unsaturated/α-hetero) is 1. The van der Waals surface area contributed by atoms with Crippen molar-refractivity contribution in [3.8, 4) is 0 Å². The molecule has 1 aliphatic carbocycles. The zero-order valence-corrected chi connectivity index (χ0v) is 21.6. The van der Waals surface area contributed by atoms with Crippen LogP contribution in [0.25, 0.3) is 0 Å². The normalized spacial score (nSPS) is 22.8. The Morgan fingerprint density at radius 2 is 1.72 bits per heavy atom. The van der Waals surface area contributed by atoms with Gasteiger partial charge in [0.25, 0.3) is 0 Å². The summed E-state index contributed by atoms with van der Waals surface area (Å²) < 4.78 is 5.22. The van der Waals surface area contributed by atoms with E-state index in [4.69, 9.17) is 10.5 Å². The summed E-state index contributed by atoms with van der Waals surface area (Å²) in [6.07, 6.45) is 0.763. The van der Waals surface area contributed by atoms with Gasteiger partial charge in [0, 0.05) is 41.7 Å². The Hall–Kier alpha value is -3.87. The van der Waals surface area contributed by atoms with Gasteiger partial charge < -0.3 is 15.4 Å². The number of carbonyl (C=O) groups excluding carboxylic acids is 3. The van der Waals surface area contributed by atoms with Crippen molar-refractivity contribution in [2.45, 2.75) is 46.0 Å². The van der Waals surface area contributed by atoms with E-state index in [0.717, 1.165) is 16.8 Å². The number of aryl methyl sites for hydroxylation is 2. The smallest absolute Gasteiger partial charge is 0.339 e. The number of benzene rings is 2. The Kier molecular flexibility index (Phi) is 5.18. The van der Waals surface area contributed by atoms with Crippen molar-refractivity contribution >= 4 is 29.0 Å². The van der Waals surface area contributed by atoms with Gasteiger partial charge in [0.15, 0.2) is 5.78 Å². The quantitative estimate of drug-likeness (QED) is 0.646. The van der Waals surface area contributed by atoms with Crippen LogP contribution >= 0.6 is 0 Å². The lowest BCUT2D eigenvalue weighted by atomic mass is 9.60. The molecule has 1 amide bonds. The number of esters is 1. The Morgan fingerprint density at radius 1 is 1.03 bits per heavy atom. The van der Waals surface area contributed by atoms with Gasteiger partial charge in [0.1, 0.15) is 16.8 Å². The number of hydrogen-bond acceptors (Lipinski definition) is 6. The highest BCUT2D eigenvalue weighted by Gasteiger charge is 2.64. The first-order valence-electron chi connectivity index (χ1n) is 12.1. The van der Waals surface area contributed by atoms with E-state index in [0.29, 0.717) is 28.9 Å². The maximum atomic E-state index is 14.2. The first-order chi connectivity index (χ1) is 17.0. The highest BCUT2D eigenvalue weighted by molar-refractivity contribution is 6.24. The summed E-state index contributed by atoms with van der Waals surface area (Å²) in [4.78, 5) is 45.1. The summed E-state index contributed by atoms with van der Waals surface area (Å²) in [6, 6.07) is 13.2. The fraction of sp³-hybridized carbons (Fsp3) is 0.345. The van der Waals surface area contributed by atoms with Crippen LogP contribution in [0, 0.1) is 19.3 Å². The van der Waals surface area contributed by atoms with Crippen LogP contribution in [0.3, 0.4) is 0 Å². The molecule has 0 bridgehead atoms. The molecule has 1 atom stereocenters. The van der Waals surface area contributed by atoms with Crippen molar-refractivity contribution in [2.24, 2.45) is 11.1 Å². The lowest BCUT2D eigenvalue weighted by molar-refractivity contribution is -0.138. The van der Waals surface area contributed by atoms with E-state index in [-0.39, 0.29) is 34.9 Å². The third-order valence-electron chi connectivity index (χ3n) is 7.80. The molecule has 5 rings (SSSR count). The maximum absolute atomic E-state index is 14.2. The molecule has 0 saturated heterocycles. The number of nitrogens with zero attached hydrogens (tertiary/aromatic N) is 2. The number of anilines is 2. The molecule has 1 unspecified atom stereocenters. The molecule has 0 radical (unpaired) electrons. The van der Waals surface area contributed by atoms with Crippen molar-refractivity contribution in [3.05, 3.63) is 81.8 Å². The molecule has 186 valence electrons. The first-order valence-corrected chi connectivity index (χ1v) is 12.1. The number of fused-ring (bicyclic) bond motifs is 3. The van der Waals surface area contributed by atoms with Crippen molar-refractivity contribution in [1.82, 2.24) is 0 Å². The van der Waals surface area contributed by atoms with Gasteiger partial charge in [-0.2, -0.15) is 0 Å². The molecule has 2 heterocycles. The van der Waals surface area contributed by atoms with Crippen LogP contribution in [0.5, 0.6) is 0 Å². The van der Waals surface area contributed by atoms with E-state index in [1.54, 1.807) is 18.0 Å². The third kappa shape index (κ3) is 3.01. The van der Waals surface area contributed by atoms with Gasteiger partial charge >= 0.3 is 5.97 Å². The standard InChI is InChI=1S/C29H31N3O4/c1-16-11-12-18(13-17(16)2)32-21-14-28(3,4)15-22(33)23(21)29(24(25(32)30)26(34)36-6)19-9-7-8-10-20(19)31(5)27(29)35/h7-13H,14-15,30H2,1-6H3. The zero-order valence-electron chi connectivity index (χ0n) is 21.6. The molecule has 36 heavy (non-hydrogen) atoms. The maximum Gasteiger partial charge on any atom is 0.339 e. The van der Waals surface area contributed by atoms with Gasteiger partial charge in [-0.15, -0.1) is 0 Å². The SMILES string of the molecule is COC(=O)C1=C(N)N(c2ccc(C)c(C)c2)C2=C(C(=O)CC(C)(C)C2)C12C(=O)N(C)c1ccccc12.